The van der Waals surface area contributed by atoms with Crippen molar-refractivity contribution >= 4 is 17.9 Å². The summed E-state index contributed by atoms with van der Waals surface area (Å²) in [5.74, 6) is -0.547. The van der Waals surface area contributed by atoms with Gasteiger partial charge in [-0.3, -0.25) is 9.59 Å². The van der Waals surface area contributed by atoms with Crippen LogP contribution in [-0.2, 0) is 20.7 Å². The summed E-state index contributed by atoms with van der Waals surface area (Å²) in [7, 11) is 0. The lowest BCUT2D eigenvalue weighted by Gasteiger charge is -2.37. The summed E-state index contributed by atoms with van der Waals surface area (Å²) >= 11 is 0. The van der Waals surface area contributed by atoms with Gasteiger partial charge in [0.2, 0.25) is 11.8 Å². The topological polar surface area (TPSA) is 87.7 Å². The number of amides is 3. The van der Waals surface area contributed by atoms with E-state index in [1.807, 2.05) is 83.1 Å². The largest absolute Gasteiger partial charge is 0.444 e. The average Bonchev–Trinajstić information content (AvgIpc) is 2.87. The SMILES string of the molecule is CCCCCCCN(C(=O)C(Cc1ccccc1)NC(=O)OC(C)(C)C)C(C(=O)NC(C)(C)C)c1c(C)cccc1C. The molecular formula is C35H53N3O4. The first-order valence-electron chi connectivity index (χ1n) is 15.3. The lowest BCUT2D eigenvalue weighted by atomic mass is 9.92. The number of ether oxygens (including phenoxy) is 1. The van der Waals surface area contributed by atoms with E-state index in [0.29, 0.717) is 6.54 Å². The van der Waals surface area contributed by atoms with E-state index in [2.05, 4.69) is 17.6 Å². The lowest BCUT2D eigenvalue weighted by molar-refractivity contribution is -0.143. The molecule has 0 aliphatic heterocycles. The number of rotatable bonds is 13. The van der Waals surface area contributed by atoms with Crippen LogP contribution in [0.1, 0.15) is 109 Å². The van der Waals surface area contributed by atoms with Crippen LogP contribution in [0.3, 0.4) is 0 Å². The van der Waals surface area contributed by atoms with Crippen molar-refractivity contribution in [2.75, 3.05) is 6.54 Å². The van der Waals surface area contributed by atoms with Gasteiger partial charge in [-0.25, -0.2) is 4.79 Å². The van der Waals surface area contributed by atoms with E-state index in [4.69, 9.17) is 4.74 Å². The van der Waals surface area contributed by atoms with Gasteiger partial charge in [0.05, 0.1) is 0 Å². The van der Waals surface area contributed by atoms with E-state index in [1.165, 1.54) is 0 Å². The number of nitrogens with one attached hydrogen (secondary N) is 2. The van der Waals surface area contributed by atoms with Crippen LogP contribution in [0.5, 0.6) is 0 Å². The molecule has 0 aliphatic rings. The van der Waals surface area contributed by atoms with Crippen molar-refractivity contribution in [3.05, 3.63) is 70.8 Å². The van der Waals surface area contributed by atoms with E-state index < -0.39 is 29.3 Å². The highest BCUT2D eigenvalue weighted by molar-refractivity contribution is 5.93. The molecule has 2 rings (SSSR count). The van der Waals surface area contributed by atoms with Crippen molar-refractivity contribution in [1.29, 1.82) is 0 Å². The molecule has 0 heterocycles. The fraction of sp³-hybridized carbons (Fsp3) is 0.571. The smallest absolute Gasteiger partial charge is 0.408 e. The molecule has 0 fully saturated rings. The van der Waals surface area contributed by atoms with Crippen LogP contribution in [0.4, 0.5) is 4.79 Å². The number of hydrogen-bond donors (Lipinski definition) is 2. The van der Waals surface area contributed by atoms with E-state index in [9.17, 15) is 14.4 Å². The number of unbranched alkanes of at least 4 members (excludes halogenated alkanes) is 4. The molecule has 0 spiro atoms. The first kappa shape index (κ1) is 34.8. The van der Waals surface area contributed by atoms with Crippen molar-refractivity contribution in [1.82, 2.24) is 15.5 Å². The Morgan fingerprint density at radius 1 is 0.833 bits per heavy atom. The molecule has 42 heavy (non-hydrogen) atoms. The third kappa shape index (κ3) is 11.5. The standard InChI is InChI=1S/C35H53N3O4/c1-10-11-12-13-17-23-38(30(31(39)37-34(4,5)6)29-25(2)19-18-20-26(29)3)32(40)28(24-27-21-15-14-16-22-27)36-33(41)42-35(7,8)9/h14-16,18-22,28,30H,10-13,17,23-24H2,1-9H3,(H,36,41)(H,37,39). The van der Waals surface area contributed by atoms with E-state index in [-0.39, 0.29) is 18.2 Å². The molecule has 0 aliphatic carbocycles. The molecule has 2 aromatic rings. The normalized spacial score (nSPS) is 13.2. The van der Waals surface area contributed by atoms with Gasteiger partial charge < -0.3 is 20.3 Å². The molecule has 7 nitrogen and oxygen atoms in total. The van der Waals surface area contributed by atoms with Crippen LogP contribution in [0.15, 0.2) is 48.5 Å². The fourth-order valence-corrected chi connectivity index (χ4v) is 5.08. The van der Waals surface area contributed by atoms with Gasteiger partial charge in [0.1, 0.15) is 17.7 Å². The van der Waals surface area contributed by atoms with Crippen LogP contribution in [0.25, 0.3) is 0 Å². The number of carbonyl (C=O) groups is 3. The summed E-state index contributed by atoms with van der Waals surface area (Å²) in [5.41, 5.74) is 2.37. The van der Waals surface area contributed by atoms with Gasteiger partial charge in [-0.05, 0) is 84.1 Å². The molecule has 2 atom stereocenters. The van der Waals surface area contributed by atoms with Gasteiger partial charge in [-0.2, -0.15) is 0 Å². The average molecular weight is 580 g/mol. The zero-order valence-electron chi connectivity index (χ0n) is 27.3. The lowest BCUT2D eigenvalue weighted by Crippen LogP contribution is -2.55. The Bertz CT molecular complexity index is 1140. The van der Waals surface area contributed by atoms with E-state index >= 15 is 0 Å². The monoisotopic (exact) mass is 579 g/mol. The van der Waals surface area contributed by atoms with Crippen LogP contribution < -0.4 is 10.6 Å². The van der Waals surface area contributed by atoms with Crippen molar-refractivity contribution in [3.8, 4) is 0 Å². The maximum Gasteiger partial charge on any atom is 0.408 e. The Hall–Kier alpha value is -3.35. The summed E-state index contributed by atoms with van der Waals surface area (Å²) in [4.78, 5) is 43.5. The highest BCUT2D eigenvalue weighted by Crippen LogP contribution is 2.30. The maximum atomic E-state index is 14.7. The van der Waals surface area contributed by atoms with Crippen molar-refractivity contribution < 1.29 is 19.1 Å². The van der Waals surface area contributed by atoms with Gasteiger partial charge in [-0.1, -0.05) is 81.1 Å². The van der Waals surface area contributed by atoms with Crippen LogP contribution >= 0.6 is 0 Å². The highest BCUT2D eigenvalue weighted by Gasteiger charge is 2.38. The van der Waals surface area contributed by atoms with Crippen LogP contribution in [0, 0.1) is 13.8 Å². The minimum Gasteiger partial charge on any atom is -0.444 e. The number of alkyl carbamates (subject to hydrolysis) is 1. The second kappa shape index (κ2) is 15.8. The maximum absolute atomic E-state index is 14.7. The molecule has 232 valence electrons. The summed E-state index contributed by atoms with van der Waals surface area (Å²) in [6.45, 7) is 17.7. The fourth-order valence-electron chi connectivity index (χ4n) is 5.08. The summed E-state index contributed by atoms with van der Waals surface area (Å²) in [5, 5.41) is 5.99. The Kier molecular flexibility index (Phi) is 13.1. The third-order valence-electron chi connectivity index (χ3n) is 6.93. The molecule has 2 aromatic carbocycles. The van der Waals surface area contributed by atoms with E-state index in [0.717, 1.165) is 54.4 Å². The molecule has 2 unspecified atom stereocenters. The zero-order valence-corrected chi connectivity index (χ0v) is 27.3. The molecule has 3 amide bonds. The van der Waals surface area contributed by atoms with E-state index in [1.54, 1.807) is 25.7 Å². The van der Waals surface area contributed by atoms with Crippen LogP contribution in [-0.4, -0.2) is 46.5 Å². The Balaban J connectivity index is 2.62. The molecular weight excluding hydrogens is 526 g/mol. The summed E-state index contributed by atoms with van der Waals surface area (Å²) in [6.07, 6.45) is 4.59. The quantitative estimate of drug-likeness (QED) is 0.246. The molecule has 0 radical (unpaired) electrons. The molecule has 0 bridgehead atoms. The van der Waals surface area contributed by atoms with Gasteiger partial charge >= 0.3 is 6.09 Å². The number of benzene rings is 2. The summed E-state index contributed by atoms with van der Waals surface area (Å²) in [6, 6.07) is 13.7. The molecule has 2 N–H and O–H groups in total. The van der Waals surface area contributed by atoms with Gasteiger partial charge in [0.15, 0.2) is 0 Å². The Morgan fingerprint density at radius 2 is 1.43 bits per heavy atom. The minimum atomic E-state index is -0.924. The molecule has 0 saturated heterocycles. The van der Waals surface area contributed by atoms with Crippen molar-refractivity contribution in [3.63, 3.8) is 0 Å². The van der Waals surface area contributed by atoms with Crippen LogP contribution in [0.2, 0.25) is 0 Å². The zero-order chi connectivity index (χ0) is 31.5. The predicted octanol–water partition coefficient (Wildman–Crippen LogP) is 7.19. The number of carbonyl (C=O) groups excluding carboxylic acids is 3. The first-order valence-corrected chi connectivity index (χ1v) is 15.3. The third-order valence-corrected chi connectivity index (χ3v) is 6.93. The Morgan fingerprint density at radius 3 is 1.98 bits per heavy atom. The minimum absolute atomic E-state index is 0.238. The predicted molar refractivity (Wildman–Crippen MR) is 170 cm³/mol. The van der Waals surface area contributed by atoms with Gasteiger partial charge in [-0.15, -0.1) is 0 Å². The second-order valence-corrected chi connectivity index (χ2v) is 13.3. The molecule has 0 saturated carbocycles. The number of hydrogen-bond acceptors (Lipinski definition) is 4. The summed E-state index contributed by atoms with van der Waals surface area (Å²) < 4.78 is 5.56. The van der Waals surface area contributed by atoms with Crippen molar-refractivity contribution in [2.45, 2.75) is 124 Å². The molecule has 7 heteroatoms. The van der Waals surface area contributed by atoms with Gasteiger partial charge in [0, 0.05) is 18.5 Å². The molecule has 0 aromatic heterocycles. The van der Waals surface area contributed by atoms with Gasteiger partial charge in [0.25, 0.3) is 0 Å². The number of aryl methyl sites for hydroxylation is 2. The van der Waals surface area contributed by atoms with Crippen molar-refractivity contribution in [2.24, 2.45) is 0 Å². The highest BCUT2D eigenvalue weighted by atomic mass is 16.6. The number of nitrogens with zero attached hydrogens (tertiary/aromatic N) is 1. The second-order valence-electron chi connectivity index (χ2n) is 13.3. The Labute approximate surface area is 253 Å². The first-order chi connectivity index (χ1) is 19.6.